The lowest BCUT2D eigenvalue weighted by atomic mass is 10.2. The van der Waals surface area contributed by atoms with E-state index in [0.29, 0.717) is 17.2 Å². The summed E-state index contributed by atoms with van der Waals surface area (Å²) in [5.41, 5.74) is 1.62. The van der Waals surface area contributed by atoms with Gasteiger partial charge in [-0.2, -0.15) is 0 Å². The Bertz CT molecular complexity index is 808. The highest BCUT2D eigenvalue weighted by atomic mass is 79.9. The van der Waals surface area contributed by atoms with Crippen molar-refractivity contribution in [1.82, 2.24) is 0 Å². The highest BCUT2D eigenvalue weighted by Gasteiger charge is 2.29. The maximum absolute atomic E-state index is 12.1. The largest absolute Gasteiger partial charge is 0.485 e. The summed E-state index contributed by atoms with van der Waals surface area (Å²) in [7, 11) is 0. The quantitative estimate of drug-likeness (QED) is 0.791. The van der Waals surface area contributed by atoms with Crippen LogP contribution in [0.3, 0.4) is 0 Å². The molecule has 0 bridgehead atoms. The second-order valence-corrected chi connectivity index (χ2v) is 6.34. The fourth-order valence-corrected chi connectivity index (χ4v) is 2.53. The van der Waals surface area contributed by atoms with Crippen LogP contribution in [0.4, 0.5) is 5.69 Å². The molecule has 3 rings (SSSR count). The maximum atomic E-state index is 12.1. The zero-order valence-electron chi connectivity index (χ0n) is 13.5. The number of anilines is 1. The Morgan fingerprint density at radius 1 is 1.24 bits per heavy atom. The molecule has 0 unspecified atom stereocenters. The normalized spacial score (nSPS) is 15.4. The molecule has 0 fully saturated rings. The summed E-state index contributed by atoms with van der Waals surface area (Å²) in [6.07, 6.45) is -0.891. The Hall–Kier alpha value is -2.54. The van der Waals surface area contributed by atoms with Crippen LogP contribution in [0.25, 0.3) is 0 Å². The van der Waals surface area contributed by atoms with E-state index >= 15 is 0 Å². The molecular weight excluding hydrogens is 390 g/mol. The topological polar surface area (TPSA) is 73.9 Å². The van der Waals surface area contributed by atoms with Gasteiger partial charge in [0.1, 0.15) is 6.61 Å². The molecular formula is C18H16BrNO5. The van der Waals surface area contributed by atoms with Gasteiger partial charge in [-0.1, -0.05) is 28.1 Å². The maximum Gasteiger partial charge on any atom is 0.351 e. The third-order valence-electron chi connectivity index (χ3n) is 3.56. The van der Waals surface area contributed by atoms with Crippen LogP contribution in [0.5, 0.6) is 11.5 Å². The molecule has 1 N–H and O–H groups in total. The Morgan fingerprint density at radius 2 is 2.00 bits per heavy atom. The molecule has 2 aromatic carbocycles. The molecule has 7 heteroatoms. The summed E-state index contributed by atoms with van der Waals surface area (Å²) in [6.45, 7) is 1.57. The smallest absolute Gasteiger partial charge is 0.351 e. The van der Waals surface area contributed by atoms with E-state index in [9.17, 15) is 9.59 Å². The van der Waals surface area contributed by atoms with Gasteiger partial charge in [0.15, 0.2) is 18.1 Å². The standard InChI is InChI=1S/C18H16BrNO5/c1-11-8-12(6-7-13(11)19)20-17(21)10-24-18(22)16-9-23-14-4-2-3-5-15(14)25-16/h2-8,16H,9-10H2,1H3,(H,20,21)/t16-/m1/s1. The molecule has 0 radical (unpaired) electrons. The van der Waals surface area contributed by atoms with E-state index in [4.69, 9.17) is 14.2 Å². The number of hydrogen-bond donors (Lipinski definition) is 1. The molecule has 0 aliphatic carbocycles. The van der Waals surface area contributed by atoms with Crippen LogP contribution < -0.4 is 14.8 Å². The average Bonchev–Trinajstić information content (AvgIpc) is 2.62. The Labute approximate surface area is 153 Å². The molecule has 0 spiro atoms. The van der Waals surface area contributed by atoms with E-state index in [-0.39, 0.29) is 6.61 Å². The van der Waals surface area contributed by atoms with Gasteiger partial charge in [-0.25, -0.2) is 4.79 Å². The monoisotopic (exact) mass is 405 g/mol. The predicted octanol–water partition coefficient (Wildman–Crippen LogP) is 3.08. The highest BCUT2D eigenvalue weighted by molar-refractivity contribution is 9.10. The van der Waals surface area contributed by atoms with Gasteiger partial charge in [-0.05, 0) is 42.8 Å². The number of halogens is 1. The van der Waals surface area contributed by atoms with Gasteiger partial charge >= 0.3 is 5.97 Å². The Morgan fingerprint density at radius 3 is 2.76 bits per heavy atom. The minimum Gasteiger partial charge on any atom is -0.485 e. The van der Waals surface area contributed by atoms with Gasteiger partial charge in [-0.3, -0.25) is 4.79 Å². The van der Waals surface area contributed by atoms with Crippen LogP contribution in [-0.2, 0) is 14.3 Å². The minimum atomic E-state index is -0.891. The van der Waals surface area contributed by atoms with Gasteiger partial charge in [0, 0.05) is 10.2 Å². The van der Waals surface area contributed by atoms with Gasteiger partial charge in [0.05, 0.1) is 0 Å². The molecule has 1 heterocycles. The van der Waals surface area contributed by atoms with Crippen LogP contribution in [0.1, 0.15) is 5.56 Å². The predicted molar refractivity (Wildman–Crippen MR) is 94.8 cm³/mol. The first-order valence-corrected chi connectivity index (χ1v) is 8.43. The summed E-state index contributed by atoms with van der Waals surface area (Å²) in [4.78, 5) is 24.0. The zero-order chi connectivity index (χ0) is 17.8. The molecule has 0 saturated heterocycles. The lowest BCUT2D eigenvalue weighted by molar-refractivity contribution is -0.156. The fourth-order valence-electron chi connectivity index (χ4n) is 2.28. The van der Waals surface area contributed by atoms with Crippen molar-refractivity contribution < 1.29 is 23.8 Å². The average molecular weight is 406 g/mol. The fraction of sp³-hybridized carbons (Fsp3) is 0.222. The first kappa shape index (κ1) is 17.3. The van der Waals surface area contributed by atoms with Crippen molar-refractivity contribution >= 4 is 33.5 Å². The number of carbonyl (C=O) groups is 2. The third kappa shape index (κ3) is 4.30. The van der Waals surface area contributed by atoms with Crippen LogP contribution in [0.2, 0.25) is 0 Å². The summed E-state index contributed by atoms with van der Waals surface area (Å²) < 4.78 is 17.0. The minimum absolute atomic E-state index is 0.0450. The van der Waals surface area contributed by atoms with Crippen LogP contribution in [-0.4, -0.2) is 31.2 Å². The molecule has 1 aliphatic heterocycles. The van der Waals surface area contributed by atoms with E-state index in [1.54, 1.807) is 24.3 Å². The molecule has 1 atom stereocenters. The molecule has 2 aromatic rings. The van der Waals surface area contributed by atoms with Gasteiger partial charge in [0.2, 0.25) is 6.10 Å². The SMILES string of the molecule is Cc1cc(NC(=O)COC(=O)[C@H]2COc3ccccc3O2)ccc1Br. The van der Waals surface area contributed by atoms with Crippen molar-refractivity contribution in [3.05, 3.63) is 52.5 Å². The number of amides is 1. The lowest BCUT2D eigenvalue weighted by Crippen LogP contribution is -2.39. The zero-order valence-corrected chi connectivity index (χ0v) is 15.0. The third-order valence-corrected chi connectivity index (χ3v) is 4.45. The number of benzene rings is 2. The number of esters is 1. The summed E-state index contributed by atoms with van der Waals surface area (Å²) in [6, 6.07) is 12.5. The molecule has 1 aliphatic rings. The highest BCUT2D eigenvalue weighted by Crippen LogP contribution is 2.31. The van der Waals surface area contributed by atoms with Gasteiger partial charge < -0.3 is 19.5 Å². The Balaban J connectivity index is 1.50. The number of fused-ring (bicyclic) bond motifs is 1. The second kappa shape index (κ2) is 7.57. The Kier molecular flexibility index (Phi) is 5.23. The van der Waals surface area contributed by atoms with E-state index in [1.807, 2.05) is 25.1 Å². The number of ether oxygens (including phenoxy) is 3. The van der Waals surface area contributed by atoms with Crippen LogP contribution in [0.15, 0.2) is 46.9 Å². The van der Waals surface area contributed by atoms with E-state index < -0.39 is 24.6 Å². The number of nitrogens with one attached hydrogen (secondary N) is 1. The summed E-state index contributed by atoms with van der Waals surface area (Å²) >= 11 is 3.39. The number of aryl methyl sites for hydroxylation is 1. The lowest BCUT2D eigenvalue weighted by Gasteiger charge is -2.24. The first-order chi connectivity index (χ1) is 12.0. The van der Waals surface area contributed by atoms with Gasteiger partial charge in [-0.15, -0.1) is 0 Å². The van der Waals surface area contributed by atoms with Crippen molar-refractivity contribution in [3.8, 4) is 11.5 Å². The van der Waals surface area contributed by atoms with Crippen molar-refractivity contribution in [3.63, 3.8) is 0 Å². The van der Waals surface area contributed by atoms with E-state index in [1.165, 1.54) is 0 Å². The van der Waals surface area contributed by atoms with Crippen molar-refractivity contribution in [2.24, 2.45) is 0 Å². The molecule has 130 valence electrons. The second-order valence-electron chi connectivity index (χ2n) is 5.48. The molecule has 1 amide bonds. The number of carbonyl (C=O) groups excluding carboxylic acids is 2. The van der Waals surface area contributed by atoms with Crippen molar-refractivity contribution in [1.29, 1.82) is 0 Å². The van der Waals surface area contributed by atoms with Crippen molar-refractivity contribution in [2.75, 3.05) is 18.5 Å². The van der Waals surface area contributed by atoms with Crippen molar-refractivity contribution in [2.45, 2.75) is 13.0 Å². The summed E-state index contributed by atoms with van der Waals surface area (Å²) in [5, 5.41) is 2.67. The summed E-state index contributed by atoms with van der Waals surface area (Å²) in [5.74, 6) is -0.00997. The molecule has 0 saturated carbocycles. The molecule has 25 heavy (non-hydrogen) atoms. The number of hydrogen-bond acceptors (Lipinski definition) is 5. The van der Waals surface area contributed by atoms with Gasteiger partial charge in [0.25, 0.3) is 5.91 Å². The molecule has 0 aromatic heterocycles. The molecule has 6 nitrogen and oxygen atoms in total. The van der Waals surface area contributed by atoms with Crippen LogP contribution in [0, 0.1) is 6.92 Å². The number of para-hydroxylation sites is 2. The van der Waals surface area contributed by atoms with E-state index in [2.05, 4.69) is 21.2 Å². The van der Waals surface area contributed by atoms with E-state index in [0.717, 1.165) is 10.0 Å². The first-order valence-electron chi connectivity index (χ1n) is 7.64. The van der Waals surface area contributed by atoms with Crippen LogP contribution >= 0.6 is 15.9 Å². The number of rotatable bonds is 4.